The molecule has 0 bridgehead atoms. The van der Waals surface area contributed by atoms with E-state index in [4.69, 9.17) is 14.5 Å². The highest BCUT2D eigenvalue weighted by Gasteiger charge is 2.65. The monoisotopic (exact) mass is 1410 g/mol. The fourth-order valence-electron chi connectivity index (χ4n) is 14.8. The number of aromatic amines is 3. The number of piperazine rings is 2. The summed E-state index contributed by atoms with van der Waals surface area (Å²) in [5, 5.41) is 56.0. The van der Waals surface area contributed by atoms with Crippen molar-refractivity contribution in [2.75, 3.05) is 110 Å². The van der Waals surface area contributed by atoms with E-state index in [1.807, 2.05) is 122 Å². The van der Waals surface area contributed by atoms with Crippen LogP contribution in [0.3, 0.4) is 0 Å². The maximum atomic E-state index is 13.0. The summed E-state index contributed by atoms with van der Waals surface area (Å²) in [4.78, 5) is 39.9. The van der Waals surface area contributed by atoms with E-state index in [9.17, 15) is 15.0 Å². The molecule has 1 spiro atoms. The Morgan fingerprint density at radius 3 is 1.68 bits per heavy atom. The second-order valence-electron chi connectivity index (χ2n) is 28.3. The van der Waals surface area contributed by atoms with Crippen LogP contribution in [0, 0.1) is 6.92 Å². The Bertz CT molecular complexity index is 5780. The summed E-state index contributed by atoms with van der Waals surface area (Å²) in [6, 6.07) is 53.0. The van der Waals surface area contributed by atoms with Gasteiger partial charge in [-0.3, -0.25) is 9.89 Å². The number of methoxy groups -OCH3 is 2. The lowest BCUT2D eigenvalue weighted by atomic mass is 9.91. The van der Waals surface area contributed by atoms with Crippen molar-refractivity contribution in [1.29, 1.82) is 0 Å². The van der Waals surface area contributed by atoms with Crippen LogP contribution in [0.1, 0.15) is 56.8 Å². The van der Waals surface area contributed by atoms with E-state index in [1.54, 1.807) is 14.2 Å². The van der Waals surface area contributed by atoms with Crippen LogP contribution >= 0.6 is 0 Å². The SMILES string of the molecule is COc1ccc2[nH]c(O)c(C=c3ccc4c(c3)N=NC=4/C=C/c3ccc(CN(C)C)cc3)c2c1.COc1ccc2[nH]c(O)c(C=c3ccc4c(c3)N=NC=4/C=C/c3ccc(N4CCN(C)CC4)nc3)c2c1.Cc1ccc2c(c1)[C@]1(C[C@H]1c1ccc3c(-c4ccc(N5CCN(C)CC5)nc4)n[nH]c3c1)C(=O)N2. The number of azo groups is 2. The molecule has 5 aliphatic heterocycles. The van der Waals surface area contributed by atoms with Crippen molar-refractivity contribution >= 4 is 103 Å². The van der Waals surface area contributed by atoms with Gasteiger partial charge in [0, 0.05) is 137 Å². The van der Waals surface area contributed by atoms with Gasteiger partial charge in [-0.1, -0.05) is 78.4 Å². The number of nitrogens with one attached hydrogen (secondary N) is 4. The number of ether oxygens (including phenoxy) is 2. The molecule has 5 aromatic heterocycles. The summed E-state index contributed by atoms with van der Waals surface area (Å²) < 4.78 is 10.7. The molecule has 7 aromatic carbocycles. The second kappa shape index (κ2) is 28.7. The Balaban J connectivity index is 0.000000122. The Labute approximate surface area is 612 Å². The second-order valence-corrected chi connectivity index (χ2v) is 28.3. The maximum absolute atomic E-state index is 13.0. The van der Waals surface area contributed by atoms with Crippen molar-refractivity contribution in [3.8, 4) is 34.5 Å². The standard InChI is InChI=1S/C29H28N6O2.C28H28N6O.C28H26N4O2/c1-34-11-13-35(14-12-34)28-10-5-19(18-30-28)4-8-26-22-7-3-20(16-27(22)33-32-26)15-24-23-17-21(37-2)6-9-25(23)31-29(24)36;1-17-3-7-23-21(13-17)28(27(35)30-23)15-22(28)18-4-6-20-24(14-18)31-32-26(20)19-5-8-25(29-16-19)34-11-9-33(2)10-12-34;1-32(2)17-19-6-4-18(5-7-19)9-12-26-22-11-8-20(15-27(22)31-30-26)14-24-23-16-21(34-3)10-13-25(23)29-28(24)33/h3-10,15-18,31,36H,11-14H2,1-2H3;3-8,13-14,16,22H,9-12,15H2,1-2H3,(H,30,35)(H,31,32);4-16,29,33H,17H2,1-3H3/b8-4+,20-15?;;12-9+,20-14?/t;22-,28-;/m.0./s1. The zero-order chi connectivity index (χ0) is 72.7. The lowest BCUT2D eigenvalue weighted by molar-refractivity contribution is -0.118. The lowest BCUT2D eigenvalue weighted by Crippen LogP contribution is -2.44. The van der Waals surface area contributed by atoms with Crippen molar-refractivity contribution < 1.29 is 24.5 Å². The summed E-state index contributed by atoms with van der Waals surface area (Å²) >= 11 is 0. The molecule has 21 nitrogen and oxygen atoms in total. The highest BCUT2D eigenvalue weighted by atomic mass is 16.5. The molecule has 6 N–H and O–H groups in total. The van der Waals surface area contributed by atoms with Crippen LogP contribution in [0.4, 0.5) is 28.7 Å². The first-order valence-corrected chi connectivity index (χ1v) is 35.7. The van der Waals surface area contributed by atoms with Crippen LogP contribution < -0.4 is 45.5 Å². The van der Waals surface area contributed by atoms with Gasteiger partial charge in [-0.2, -0.15) is 5.10 Å². The number of anilines is 3. The fraction of sp³-hybridized carbons (Fsp3) is 0.224. The van der Waals surface area contributed by atoms with Gasteiger partial charge >= 0.3 is 0 Å². The van der Waals surface area contributed by atoms with E-state index < -0.39 is 5.41 Å². The Kier molecular flexibility index (Phi) is 18.5. The number of nitrogens with zero attached hydrogens (tertiary/aromatic N) is 12. The number of hydrogen-bond donors (Lipinski definition) is 6. The Hall–Kier alpha value is -12.3. The molecule has 18 rings (SSSR count). The number of benzene rings is 7. The van der Waals surface area contributed by atoms with Gasteiger partial charge in [0.25, 0.3) is 0 Å². The van der Waals surface area contributed by atoms with E-state index in [0.717, 1.165) is 198 Å². The first-order valence-electron chi connectivity index (χ1n) is 35.7. The number of fused-ring (bicyclic) bond motifs is 7. The average Bonchev–Trinajstić information content (AvgIpc) is 1.52. The molecule has 2 atom stereocenters. The summed E-state index contributed by atoms with van der Waals surface area (Å²) in [6.45, 7) is 11.2. The summed E-state index contributed by atoms with van der Waals surface area (Å²) in [5.74, 6) is 4.07. The molecule has 21 heteroatoms. The number of hydrogen-bond acceptors (Lipinski definition) is 17. The number of carbonyl (C=O) groups excluding carboxylic acids is 1. The number of pyridine rings is 2. The number of amides is 1. The topological polar surface area (TPSA) is 240 Å². The number of aromatic hydroxyl groups is 2. The summed E-state index contributed by atoms with van der Waals surface area (Å²) in [7, 11) is 11.7. The van der Waals surface area contributed by atoms with E-state index >= 15 is 0 Å². The third-order valence-electron chi connectivity index (χ3n) is 20.9. The first kappa shape index (κ1) is 68.1. The number of rotatable bonds is 14. The first-order chi connectivity index (χ1) is 51.6. The molecule has 1 amide bonds. The summed E-state index contributed by atoms with van der Waals surface area (Å²) in [6.07, 6.45) is 16.6. The molecule has 0 radical (unpaired) electrons. The molecule has 3 fully saturated rings. The van der Waals surface area contributed by atoms with Gasteiger partial charge in [-0.15, -0.1) is 20.5 Å². The third kappa shape index (κ3) is 13.8. The molecule has 532 valence electrons. The predicted octanol–water partition coefficient (Wildman–Crippen LogP) is 12.5. The molecule has 1 aliphatic carbocycles. The van der Waals surface area contributed by atoms with Gasteiger partial charge in [0.1, 0.15) is 28.8 Å². The van der Waals surface area contributed by atoms with Gasteiger partial charge < -0.3 is 59.5 Å². The van der Waals surface area contributed by atoms with Gasteiger partial charge in [0.15, 0.2) is 11.8 Å². The molecule has 2 saturated heterocycles. The Morgan fingerprint density at radius 1 is 0.566 bits per heavy atom. The van der Waals surface area contributed by atoms with Crippen LogP contribution in [0.15, 0.2) is 203 Å². The van der Waals surface area contributed by atoms with Crippen LogP contribution in [0.2, 0.25) is 0 Å². The fourth-order valence-corrected chi connectivity index (χ4v) is 14.8. The van der Waals surface area contributed by atoms with Gasteiger partial charge in [0.05, 0.1) is 47.9 Å². The van der Waals surface area contributed by atoms with E-state index in [1.165, 1.54) is 16.7 Å². The molecule has 6 aliphatic rings. The number of aromatic nitrogens is 6. The lowest BCUT2D eigenvalue weighted by Gasteiger charge is -2.33. The van der Waals surface area contributed by atoms with Crippen LogP contribution in [-0.2, 0) is 16.8 Å². The number of H-pyrrole nitrogens is 3. The largest absolute Gasteiger partial charge is 0.497 e. The number of carbonyl (C=O) groups is 1. The van der Waals surface area contributed by atoms with Crippen molar-refractivity contribution in [1.82, 2.24) is 44.8 Å². The molecular formula is C85H82N16O5. The molecule has 10 heterocycles. The van der Waals surface area contributed by atoms with Gasteiger partial charge in [-0.05, 0) is 201 Å². The highest BCUT2D eigenvalue weighted by molar-refractivity contribution is 6.10. The minimum Gasteiger partial charge on any atom is -0.497 e. The predicted molar refractivity (Wildman–Crippen MR) is 421 cm³/mol. The number of aryl methyl sites for hydroxylation is 1. The minimum absolute atomic E-state index is 0.118. The molecule has 0 unspecified atom stereocenters. The van der Waals surface area contributed by atoms with Gasteiger partial charge in [0.2, 0.25) is 5.91 Å². The maximum Gasteiger partial charge on any atom is 0.235 e. The van der Waals surface area contributed by atoms with E-state index in [0.29, 0.717) is 11.1 Å². The number of likely N-dealkylation sites (N-methyl/N-ethyl adjacent to an activating group) is 2. The molecule has 1 saturated carbocycles. The quantitative estimate of drug-likeness (QED) is 0.0595. The summed E-state index contributed by atoms with van der Waals surface area (Å²) in [5.41, 5.74) is 16.7. The van der Waals surface area contributed by atoms with E-state index in [2.05, 4.69) is 195 Å². The van der Waals surface area contributed by atoms with Crippen molar-refractivity contribution in [2.24, 2.45) is 20.5 Å². The molecule has 12 aromatic rings. The van der Waals surface area contributed by atoms with Crippen molar-refractivity contribution in [3.63, 3.8) is 0 Å². The Morgan fingerprint density at radius 2 is 1.13 bits per heavy atom. The van der Waals surface area contributed by atoms with Crippen LogP contribution in [-0.4, -0.2) is 156 Å². The molecule has 106 heavy (non-hydrogen) atoms. The zero-order valence-electron chi connectivity index (χ0n) is 60.3. The minimum atomic E-state index is -0.430. The normalized spacial score (nSPS) is 17.8. The average molecular weight is 1410 g/mol. The van der Waals surface area contributed by atoms with E-state index in [-0.39, 0.29) is 23.6 Å². The smallest absolute Gasteiger partial charge is 0.235 e. The highest BCUT2D eigenvalue weighted by Crippen LogP contribution is 2.65. The van der Waals surface area contributed by atoms with Crippen molar-refractivity contribution in [3.05, 3.63) is 248 Å². The van der Waals surface area contributed by atoms with Gasteiger partial charge in [-0.25, -0.2) is 9.97 Å². The molecular weight excluding hydrogens is 1330 g/mol. The van der Waals surface area contributed by atoms with Crippen LogP contribution in [0.25, 0.3) is 79.7 Å². The van der Waals surface area contributed by atoms with Crippen molar-refractivity contribution in [2.45, 2.75) is 31.2 Å². The van der Waals surface area contributed by atoms with Crippen LogP contribution in [0.5, 0.6) is 23.3 Å². The third-order valence-corrected chi connectivity index (χ3v) is 20.9. The zero-order valence-corrected chi connectivity index (χ0v) is 60.3.